The lowest BCUT2D eigenvalue weighted by Gasteiger charge is -2.39. The van der Waals surface area contributed by atoms with Crippen molar-refractivity contribution >= 4 is 39.2 Å². The van der Waals surface area contributed by atoms with E-state index in [9.17, 15) is 52.7 Å². The van der Waals surface area contributed by atoms with Crippen molar-refractivity contribution in [3.63, 3.8) is 0 Å². The highest BCUT2D eigenvalue weighted by molar-refractivity contribution is 7.65. The fourth-order valence-electron chi connectivity index (χ4n) is 1.25. The van der Waals surface area contributed by atoms with E-state index in [4.69, 9.17) is 0 Å². The van der Waals surface area contributed by atoms with Gasteiger partial charge in [-0.1, -0.05) is 0 Å². The van der Waals surface area contributed by atoms with Crippen molar-refractivity contribution in [2.45, 2.75) is 48.5 Å². The smallest absolute Gasteiger partial charge is 0.241 e. The van der Waals surface area contributed by atoms with Crippen molar-refractivity contribution in [2.24, 2.45) is 0 Å². The van der Waals surface area contributed by atoms with Crippen molar-refractivity contribution in [2.75, 3.05) is 0 Å². The quantitative estimate of drug-likeness (QED) is 0.233. The second-order valence-electron chi connectivity index (χ2n) is 4.47. The maximum atomic E-state index is 13.2. The van der Waals surface area contributed by atoms with Gasteiger partial charge in [-0.3, -0.25) is 0 Å². The van der Waals surface area contributed by atoms with E-state index in [0.717, 1.165) is 0 Å². The number of rotatable bonds is 7. The van der Waals surface area contributed by atoms with Gasteiger partial charge in [0.1, 0.15) is 0 Å². The molecule has 0 rings (SSSR count). The molecule has 0 bridgehead atoms. The molecule has 0 aromatic rings. The zero-order valence-corrected chi connectivity index (χ0v) is 13.9. The van der Waals surface area contributed by atoms with Crippen LogP contribution in [0, 0.1) is 0 Å². The van der Waals surface area contributed by atoms with Crippen LogP contribution in [0.1, 0.15) is 12.8 Å². The SMILES string of the molecule is FC(CCC(F)(F)F)C(F)(F)C(F)(F)C(F)(F)C(F)(F)[Si](Cl)(Cl)Cl. The Balaban J connectivity index is 5.76. The number of halogens is 15. The summed E-state index contributed by atoms with van der Waals surface area (Å²) in [5.41, 5.74) is -6.28. The fraction of sp³-hybridized carbons (Fsp3) is 1.00. The summed E-state index contributed by atoms with van der Waals surface area (Å²) in [5.74, 6) is -20.8. The van der Waals surface area contributed by atoms with Gasteiger partial charge < -0.3 is 0 Å². The van der Waals surface area contributed by atoms with E-state index in [-0.39, 0.29) is 0 Å². The molecule has 0 heterocycles. The van der Waals surface area contributed by atoms with Crippen LogP contribution < -0.4 is 0 Å². The molecule has 0 amide bonds. The fourth-order valence-corrected chi connectivity index (χ4v) is 2.83. The molecular formula is C8H5Cl3F12Si. The molecule has 0 radical (unpaired) electrons. The first-order valence-corrected chi connectivity index (χ1v) is 10.5. The Morgan fingerprint density at radius 1 is 0.708 bits per heavy atom. The third-order valence-electron chi connectivity index (χ3n) is 2.64. The highest BCUT2D eigenvalue weighted by Crippen LogP contribution is 2.58. The maximum absolute atomic E-state index is 13.2. The van der Waals surface area contributed by atoms with Crippen LogP contribution in [0.4, 0.5) is 52.7 Å². The van der Waals surface area contributed by atoms with Crippen LogP contribution in [-0.2, 0) is 0 Å². The van der Waals surface area contributed by atoms with Crippen LogP contribution in [0.25, 0.3) is 0 Å². The zero-order valence-electron chi connectivity index (χ0n) is 10.7. The van der Waals surface area contributed by atoms with Crippen molar-refractivity contribution < 1.29 is 52.7 Å². The molecule has 0 fully saturated rings. The Kier molecular flexibility index (Phi) is 6.83. The van der Waals surface area contributed by atoms with Gasteiger partial charge in [-0.25, -0.2) is 4.39 Å². The van der Waals surface area contributed by atoms with Gasteiger partial charge in [-0.05, 0) is 6.42 Å². The molecule has 0 aliphatic heterocycles. The largest absolute Gasteiger partial charge is 0.424 e. The topological polar surface area (TPSA) is 0 Å². The molecule has 0 aliphatic rings. The van der Waals surface area contributed by atoms with E-state index in [0.29, 0.717) is 0 Å². The van der Waals surface area contributed by atoms with Gasteiger partial charge in [0.15, 0.2) is 6.17 Å². The second kappa shape index (κ2) is 6.76. The summed E-state index contributed by atoms with van der Waals surface area (Å²) in [7, 11) is 0. The van der Waals surface area contributed by atoms with Gasteiger partial charge in [0.2, 0.25) is 0 Å². The standard InChI is InChI=1S/C8H5Cl3F12Si/c9-24(10,11)8(22,23)7(20,21)6(18,19)5(16,17)3(12)1-2-4(13,14)15/h3H,1-2H2. The van der Waals surface area contributed by atoms with Gasteiger partial charge >= 0.3 is 35.5 Å². The molecule has 0 saturated heterocycles. The average Bonchev–Trinajstić information content (AvgIpc) is 2.32. The monoisotopic (exact) mass is 462 g/mol. The summed E-state index contributed by atoms with van der Waals surface area (Å²) in [6.07, 6.45) is -14.6. The lowest BCUT2D eigenvalue weighted by Crippen LogP contribution is -2.69. The first-order valence-electron chi connectivity index (χ1n) is 5.41. The molecule has 0 aromatic heterocycles. The van der Waals surface area contributed by atoms with Crippen LogP contribution in [0.5, 0.6) is 0 Å². The molecule has 24 heavy (non-hydrogen) atoms. The minimum absolute atomic E-state index is 2.38. The molecule has 0 nitrogen and oxygen atoms in total. The number of hydrogen-bond acceptors (Lipinski definition) is 0. The summed E-state index contributed by atoms with van der Waals surface area (Å²) in [6, 6.07) is -6.07. The highest BCUT2D eigenvalue weighted by Gasteiger charge is 2.86. The summed E-state index contributed by atoms with van der Waals surface area (Å²) >= 11 is 13.5. The average molecular weight is 464 g/mol. The van der Waals surface area contributed by atoms with Gasteiger partial charge in [-0.15, -0.1) is 33.2 Å². The Labute approximate surface area is 141 Å². The summed E-state index contributed by atoms with van der Waals surface area (Å²) in [4.78, 5) is 0. The zero-order chi connectivity index (χ0) is 20.0. The molecule has 146 valence electrons. The van der Waals surface area contributed by atoms with E-state index in [2.05, 4.69) is 33.2 Å². The number of alkyl halides is 12. The lowest BCUT2D eigenvalue weighted by molar-refractivity contribution is -0.361. The van der Waals surface area contributed by atoms with Crippen molar-refractivity contribution in [3.05, 3.63) is 0 Å². The molecule has 0 N–H and O–H groups in total. The Morgan fingerprint density at radius 3 is 1.38 bits per heavy atom. The van der Waals surface area contributed by atoms with Crippen molar-refractivity contribution in [1.82, 2.24) is 0 Å². The molecular weight excluding hydrogens is 459 g/mol. The third-order valence-corrected chi connectivity index (χ3v) is 5.80. The maximum Gasteiger partial charge on any atom is 0.424 e. The Bertz CT molecular complexity index is 443. The van der Waals surface area contributed by atoms with Gasteiger partial charge in [0.25, 0.3) is 0 Å². The van der Waals surface area contributed by atoms with E-state index in [1.165, 1.54) is 0 Å². The minimum Gasteiger partial charge on any atom is -0.241 e. The molecule has 1 unspecified atom stereocenters. The first kappa shape index (κ1) is 24.2. The second-order valence-corrected chi connectivity index (χ2v) is 12.9. The molecule has 0 aromatic carbocycles. The molecule has 0 saturated carbocycles. The summed E-state index contributed by atoms with van der Waals surface area (Å²) < 4.78 is 154. The van der Waals surface area contributed by atoms with Crippen LogP contribution in [0.2, 0.25) is 0 Å². The van der Waals surface area contributed by atoms with E-state index in [1.807, 2.05) is 0 Å². The van der Waals surface area contributed by atoms with Crippen LogP contribution in [0.3, 0.4) is 0 Å². The van der Waals surface area contributed by atoms with E-state index < -0.39 is 54.5 Å². The Morgan fingerprint density at radius 2 is 1.08 bits per heavy atom. The molecule has 16 heteroatoms. The normalized spacial score (nSPS) is 17.1. The summed E-state index contributed by atoms with van der Waals surface area (Å²) in [6.45, 7) is 0. The van der Waals surface area contributed by atoms with Gasteiger partial charge in [0.05, 0.1) is 0 Å². The predicted octanol–water partition coefficient (Wildman–Crippen LogP) is 6.40. The van der Waals surface area contributed by atoms with E-state index >= 15 is 0 Å². The van der Waals surface area contributed by atoms with Crippen LogP contribution in [0.15, 0.2) is 0 Å². The molecule has 0 aliphatic carbocycles. The predicted molar refractivity (Wildman–Crippen MR) is 63.3 cm³/mol. The number of hydrogen-bond donors (Lipinski definition) is 0. The van der Waals surface area contributed by atoms with Crippen LogP contribution in [-0.4, -0.2) is 41.7 Å². The van der Waals surface area contributed by atoms with Crippen molar-refractivity contribution in [1.29, 1.82) is 0 Å². The first-order chi connectivity index (χ1) is 10.1. The Hall–Kier alpha value is 0.247. The van der Waals surface area contributed by atoms with Gasteiger partial charge in [0, 0.05) is 6.42 Å². The summed E-state index contributed by atoms with van der Waals surface area (Å²) in [5, 5.41) is 0. The molecule has 1 atom stereocenters. The van der Waals surface area contributed by atoms with E-state index in [1.54, 1.807) is 0 Å². The third kappa shape index (κ3) is 4.31. The highest BCUT2D eigenvalue weighted by atomic mass is 35.8. The lowest BCUT2D eigenvalue weighted by atomic mass is 9.97. The van der Waals surface area contributed by atoms with Crippen LogP contribution >= 0.6 is 33.2 Å². The van der Waals surface area contributed by atoms with Gasteiger partial charge in [-0.2, -0.15) is 48.3 Å². The van der Waals surface area contributed by atoms with Crippen molar-refractivity contribution in [3.8, 4) is 0 Å². The minimum atomic E-state index is -7.15. The molecule has 0 spiro atoms.